The lowest BCUT2D eigenvalue weighted by molar-refractivity contribution is -0.137. The number of carboxylic acid groups (broad SMARTS) is 1. The maximum Gasteiger partial charge on any atom is 0.303 e. The van der Waals surface area contributed by atoms with Crippen molar-refractivity contribution in [3.63, 3.8) is 0 Å². The number of carboxylic acids is 1. The molecule has 28 heavy (non-hydrogen) atoms. The SMILES string of the molecule is O=C(O)CCC/C=C\CC1C2CCC(O2)C1/C=C/[C@@H](O)CCc1ccccc1. The van der Waals surface area contributed by atoms with E-state index in [-0.39, 0.29) is 12.5 Å². The Kier molecular flexibility index (Phi) is 7.87. The topological polar surface area (TPSA) is 66.8 Å². The van der Waals surface area contributed by atoms with Crippen molar-refractivity contribution in [2.24, 2.45) is 11.8 Å². The molecule has 2 saturated heterocycles. The van der Waals surface area contributed by atoms with Gasteiger partial charge in [-0.3, -0.25) is 4.79 Å². The van der Waals surface area contributed by atoms with Gasteiger partial charge in [-0.15, -0.1) is 0 Å². The maximum atomic E-state index is 10.6. The van der Waals surface area contributed by atoms with Crippen molar-refractivity contribution in [2.75, 3.05) is 0 Å². The van der Waals surface area contributed by atoms with Crippen LogP contribution in [0.4, 0.5) is 0 Å². The minimum Gasteiger partial charge on any atom is -0.481 e. The van der Waals surface area contributed by atoms with Gasteiger partial charge in [0.15, 0.2) is 0 Å². The van der Waals surface area contributed by atoms with Crippen LogP contribution < -0.4 is 0 Å². The quantitative estimate of drug-likeness (QED) is 0.434. The van der Waals surface area contributed by atoms with Gasteiger partial charge in [-0.1, -0.05) is 54.6 Å². The maximum absolute atomic E-state index is 10.6. The lowest BCUT2D eigenvalue weighted by Gasteiger charge is -2.25. The second kappa shape index (κ2) is 10.6. The first-order valence-electron chi connectivity index (χ1n) is 10.6. The van der Waals surface area contributed by atoms with Crippen LogP contribution in [0, 0.1) is 11.8 Å². The minimum absolute atomic E-state index is 0.230. The Bertz CT molecular complexity index is 666. The molecule has 2 aliphatic rings. The van der Waals surface area contributed by atoms with Crippen molar-refractivity contribution in [1.82, 2.24) is 0 Å². The molecule has 1 aromatic rings. The third-order valence-electron chi connectivity index (χ3n) is 5.95. The molecule has 2 bridgehead atoms. The predicted molar refractivity (Wildman–Crippen MR) is 110 cm³/mol. The molecule has 0 amide bonds. The van der Waals surface area contributed by atoms with Gasteiger partial charge in [0, 0.05) is 12.3 Å². The number of fused-ring (bicyclic) bond motifs is 2. The van der Waals surface area contributed by atoms with Crippen LogP contribution in [0.5, 0.6) is 0 Å². The molecule has 4 heteroatoms. The summed E-state index contributed by atoms with van der Waals surface area (Å²) >= 11 is 0. The van der Waals surface area contributed by atoms with E-state index in [2.05, 4.69) is 30.4 Å². The van der Waals surface area contributed by atoms with Crippen LogP contribution in [0.2, 0.25) is 0 Å². The second-order valence-electron chi connectivity index (χ2n) is 8.00. The monoisotopic (exact) mass is 384 g/mol. The molecule has 2 N–H and O–H groups in total. The number of carbonyl (C=O) groups is 1. The first-order chi connectivity index (χ1) is 13.6. The smallest absolute Gasteiger partial charge is 0.303 e. The molecule has 4 unspecified atom stereocenters. The van der Waals surface area contributed by atoms with Crippen LogP contribution in [0.1, 0.15) is 50.5 Å². The first kappa shape index (κ1) is 20.8. The standard InChI is InChI=1S/C24H32O4/c25-19(13-12-18-8-4-3-5-9-18)14-15-21-20(22-16-17-23(21)28-22)10-6-1-2-7-11-24(26)27/h1,3-6,8-9,14-15,19-23,25H,2,7,10-13,16-17H2,(H,26,27)/b6-1-,15-14+/t19-,20?,21?,22?,23?/m0/s1. The van der Waals surface area contributed by atoms with E-state index in [1.54, 1.807) is 0 Å². The molecule has 152 valence electrons. The van der Waals surface area contributed by atoms with E-state index in [1.807, 2.05) is 24.3 Å². The molecule has 2 aliphatic heterocycles. The number of allylic oxidation sites excluding steroid dienone is 2. The molecule has 2 fully saturated rings. The summed E-state index contributed by atoms with van der Waals surface area (Å²) in [6, 6.07) is 10.3. The fourth-order valence-electron chi connectivity index (χ4n) is 4.44. The molecule has 0 spiro atoms. The molecular formula is C24H32O4. The zero-order valence-electron chi connectivity index (χ0n) is 16.5. The summed E-state index contributed by atoms with van der Waals surface area (Å²) in [7, 11) is 0. The van der Waals surface area contributed by atoms with Crippen LogP contribution in [-0.4, -0.2) is 34.5 Å². The van der Waals surface area contributed by atoms with Crippen molar-refractivity contribution in [3.8, 4) is 0 Å². The third kappa shape index (κ3) is 6.05. The molecule has 0 aromatic heterocycles. The number of hydrogen-bond acceptors (Lipinski definition) is 3. The van der Waals surface area contributed by atoms with Crippen molar-refractivity contribution in [1.29, 1.82) is 0 Å². The molecule has 4 nitrogen and oxygen atoms in total. The van der Waals surface area contributed by atoms with Crippen LogP contribution in [-0.2, 0) is 16.0 Å². The van der Waals surface area contributed by atoms with Gasteiger partial charge in [-0.2, -0.15) is 0 Å². The van der Waals surface area contributed by atoms with Crippen molar-refractivity contribution < 1.29 is 19.7 Å². The third-order valence-corrected chi connectivity index (χ3v) is 5.95. The largest absolute Gasteiger partial charge is 0.481 e. The Hall–Kier alpha value is -1.91. The molecule has 0 radical (unpaired) electrons. The lowest BCUT2D eigenvalue weighted by Crippen LogP contribution is -2.25. The highest BCUT2D eigenvalue weighted by molar-refractivity contribution is 5.66. The summed E-state index contributed by atoms with van der Waals surface area (Å²) in [6.45, 7) is 0. The minimum atomic E-state index is -0.731. The summed E-state index contributed by atoms with van der Waals surface area (Å²) in [6.07, 6.45) is 15.2. The predicted octanol–water partition coefficient (Wildman–Crippen LogP) is 4.53. The van der Waals surface area contributed by atoms with Gasteiger partial charge in [0.2, 0.25) is 0 Å². The Labute approximate surface area is 167 Å². The van der Waals surface area contributed by atoms with E-state index in [9.17, 15) is 9.90 Å². The number of benzene rings is 1. The summed E-state index contributed by atoms with van der Waals surface area (Å²) < 4.78 is 6.12. The molecule has 0 aliphatic carbocycles. The van der Waals surface area contributed by atoms with Gasteiger partial charge >= 0.3 is 5.97 Å². The van der Waals surface area contributed by atoms with Crippen molar-refractivity contribution in [2.45, 2.75) is 69.7 Å². The number of unbranched alkanes of at least 4 members (excludes halogenated alkanes) is 1. The Morgan fingerprint density at radius 1 is 1.18 bits per heavy atom. The average Bonchev–Trinajstić information content (AvgIpc) is 3.30. The van der Waals surface area contributed by atoms with Crippen molar-refractivity contribution >= 4 is 5.97 Å². The highest BCUT2D eigenvalue weighted by atomic mass is 16.5. The first-order valence-corrected chi connectivity index (χ1v) is 10.6. The number of aliphatic carboxylic acids is 1. The molecular weight excluding hydrogens is 352 g/mol. The fourth-order valence-corrected chi connectivity index (χ4v) is 4.44. The number of aryl methyl sites for hydroxylation is 1. The Morgan fingerprint density at radius 2 is 1.96 bits per heavy atom. The zero-order chi connectivity index (χ0) is 19.8. The molecule has 3 rings (SSSR count). The lowest BCUT2D eigenvalue weighted by atomic mass is 9.77. The normalized spacial score (nSPS) is 27.8. The molecule has 1 aromatic carbocycles. The van der Waals surface area contributed by atoms with Gasteiger partial charge < -0.3 is 14.9 Å². The fraction of sp³-hybridized carbons (Fsp3) is 0.542. The Morgan fingerprint density at radius 3 is 2.75 bits per heavy atom. The van der Waals surface area contributed by atoms with Gasteiger partial charge in [0.25, 0.3) is 0 Å². The van der Waals surface area contributed by atoms with E-state index in [0.29, 0.717) is 24.4 Å². The van der Waals surface area contributed by atoms with Crippen LogP contribution >= 0.6 is 0 Å². The summed E-state index contributed by atoms with van der Waals surface area (Å²) in [5.41, 5.74) is 1.25. The van der Waals surface area contributed by atoms with Crippen molar-refractivity contribution in [3.05, 3.63) is 60.2 Å². The summed E-state index contributed by atoms with van der Waals surface area (Å²) in [4.78, 5) is 10.6. The number of hydrogen-bond donors (Lipinski definition) is 2. The van der Waals surface area contributed by atoms with Gasteiger partial charge in [0.05, 0.1) is 18.3 Å². The van der Waals surface area contributed by atoms with Crippen LogP contribution in [0.3, 0.4) is 0 Å². The highest BCUT2D eigenvalue weighted by Crippen LogP contribution is 2.45. The number of ether oxygens (including phenoxy) is 1. The average molecular weight is 385 g/mol. The molecule has 5 atom stereocenters. The van der Waals surface area contributed by atoms with Gasteiger partial charge in [-0.05, 0) is 56.4 Å². The number of rotatable bonds is 11. The molecule has 0 saturated carbocycles. The Balaban J connectivity index is 1.46. The van der Waals surface area contributed by atoms with Crippen LogP contribution in [0.15, 0.2) is 54.6 Å². The second-order valence-corrected chi connectivity index (χ2v) is 8.00. The van der Waals surface area contributed by atoms with E-state index < -0.39 is 12.1 Å². The molecule has 2 heterocycles. The van der Waals surface area contributed by atoms with Gasteiger partial charge in [-0.25, -0.2) is 0 Å². The summed E-state index contributed by atoms with van der Waals surface area (Å²) in [5, 5.41) is 19.0. The van der Waals surface area contributed by atoms with E-state index >= 15 is 0 Å². The number of aliphatic hydroxyl groups excluding tert-OH is 1. The zero-order valence-corrected chi connectivity index (χ0v) is 16.5. The number of aliphatic hydroxyl groups is 1. The highest BCUT2D eigenvalue weighted by Gasteiger charge is 2.46. The summed E-state index contributed by atoms with van der Waals surface area (Å²) in [5.74, 6) is 0.103. The van der Waals surface area contributed by atoms with E-state index in [4.69, 9.17) is 9.84 Å². The van der Waals surface area contributed by atoms with E-state index in [0.717, 1.165) is 38.5 Å². The van der Waals surface area contributed by atoms with E-state index in [1.165, 1.54) is 5.56 Å². The van der Waals surface area contributed by atoms with Crippen LogP contribution in [0.25, 0.3) is 0 Å². The van der Waals surface area contributed by atoms with Gasteiger partial charge in [0.1, 0.15) is 0 Å².